The average molecular weight is 295 g/mol. The third kappa shape index (κ3) is 3.30. The molecule has 102 valence electrons. The zero-order valence-electron chi connectivity index (χ0n) is 11.5. The van der Waals surface area contributed by atoms with Crippen molar-refractivity contribution in [3.05, 3.63) is 51.2 Å². The van der Waals surface area contributed by atoms with Crippen LogP contribution in [0.5, 0.6) is 0 Å². The van der Waals surface area contributed by atoms with Gasteiger partial charge in [-0.3, -0.25) is 0 Å². The summed E-state index contributed by atoms with van der Waals surface area (Å²) in [6.45, 7) is 3.00. The van der Waals surface area contributed by atoms with Gasteiger partial charge < -0.3 is 10.2 Å². The van der Waals surface area contributed by atoms with Crippen molar-refractivity contribution in [3.63, 3.8) is 0 Å². The number of thiophene rings is 1. The molecule has 0 amide bonds. The molecule has 0 radical (unpaired) electrons. The number of hydrogen-bond acceptors (Lipinski definition) is 3. The number of hydrogen-bond donors (Lipinski definition) is 1. The Hall–Kier alpha value is -1.03. The summed E-state index contributed by atoms with van der Waals surface area (Å²) in [4.78, 5) is 3.61. The highest BCUT2D eigenvalue weighted by molar-refractivity contribution is 7.10. The standard InChI is InChI=1S/C15H19ClN2S/c1-11(15-5-4-8-19-15)18(3)13-7-6-12(10-17-2)14(16)9-13/h4-9,11,17H,10H2,1-3H3. The van der Waals surface area contributed by atoms with Crippen LogP contribution < -0.4 is 10.2 Å². The molecular weight excluding hydrogens is 276 g/mol. The molecule has 1 heterocycles. The van der Waals surface area contributed by atoms with Crippen LogP contribution in [0.4, 0.5) is 5.69 Å². The average Bonchev–Trinajstić information content (AvgIpc) is 2.93. The SMILES string of the molecule is CNCc1ccc(N(C)C(C)c2cccs2)cc1Cl. The number of halogens is 1. The largest absolute Gasteiger partial charge is 0.367 e. The van der Waals surface area contributed by atoms with Gasteiger partial charge in [0.2, 0.25) is 0 Å². The van der Waals surface area contributed by atoms with E-state index in [0.717, 1.165) is 22.8 Å². The summed E-state index contributed by atoms with van der Waals surface area (Å²) in [7, 11) is 4.03. The van der Waals surface area contributed by atoms with Crippen LogP contribution in [0, 0.1) is 0 Å². The molecule has 1 aromatic heterocycles. The number of benzene rings is 1. The molecule has 0 fully saturated rings. The van der Waals surface area contributed by atoms with Crippen LogP contribution in [0.15, 0.2) is 35.7 Å². The number of nitrogens with zero attached hydrogens (tertiary/aromatic N) is 1. The van der Waals surface area contributed by atoms with Gasteiger partial charge in [-0.05, 0) is 43.1 Å². The minimum atomic E-state index is 0.353. The smallest absolute Gasteiger partial charge is 0.0603 e. The van der Waals surface area contributed by atoms with Crippen LogP contribution in [0.3, 0.4) is 0 Å². The predicted octanol–water partition coefficient (Wildman–Crippen LogP) is 4.32. The van der Waals surface area contributed by atoms with E-state index in [1.54, 1.807) is 11.3 Å². The van der Waals surface area contributed by atoms with Crippen molar-refractivity contribution in [3.8, 4) is 0 Å². The van der Waals surface area contributed by atoms with E-state index in [4.69, 9.17) is 11.6 Å². The first kappa shape index (κ1) is 14.4. The fourth-order valence-electron chi connectivity index (χ4n) is 2.03. The lowest BCUT2D eigenvalue weighted by atomic mass is 10.1. The van der Waals surface area contributed by atoms with Crippen molar-refractivity contribution in [2.24, 2.45) is 0 Å². The molecule has 0 aliphatic carbocycles. The second-order valence-electron chi connectivity index (χ2n) is 4.61. The Morgan fingerprint density at radius 2 is 2.16 bits per heavy atom. The van der Waals surface area contributed by atoms with E-state index >= 15 is 0 Å². The van der Waals surface area contributed by atoms with Gasteiger partial charge in [0.25, 0.3) is 0 Å². The van der Waals surface area contributed by atoms with Crippen molar-refractivity contribution in [2.75, 3.05) is 19.0 Å². The Kier molecular flexibility index (Phi) is 4.86. The summed E-state index contributed by atoms with van der Waals surface area (Å²) in [5.41, 5.74) is 2.27. The third-order valence-electron chi connectivity index (χ3n) is 3.35. The summed E-state index contributed by atoms with van der Waals surface area (Å²) in [6, 6.07) is 10.9. The number of anilines is 1. The second-order valence-corrected chi connectivity index (χ2v) is 5.99. The Balaban J connectivity index is 2.19. The molecule has 0 saturated heterocycles. The van der Waals surface area contributed by atoms with Gasteiger partial charge in [0.05, 0.1) is 6.04 Å². The van der Waals surface area contributed by atoms with E-state index in [1.807, 2.05) is 13.1 Å². The Labute approximate surface area is 124 Å². The quantitative estimate of drug-likeness (QED) is 0.883. The Morgan fingerprint density at radius 3 is 2.74 bits per heavy atom. The monoisotopic (exact) mass is 294 g/mol. The third-order valence-corrected chi connectivity index (χ3v) is 4.74. The molecule has 1 atom stereocenters. The molecule has 1 N–H and O–H groups in total. The van der Waals surface area contributed by atoms with Gasteiger partial charge >= 0.3 is 0 Å². The molecule has 2 nitrogen and oxygen atoms in total. The molecule has 1 unspecified atom stereocenters. The summed E-state index contributed by atoms with van der Waals surface area (Å²) in [5.74, 6) is 0. The Morgan fingerprint density at radius 1 is 1.37 bits per heavy atom. The normalized spacial score (nSPS) is 12.4. The number of rotatable bonds is 5. The minimum Gasteiger partial charge on any atom is -0.367 e. The molecule has 19 heavy (non-hydrogen) atoms. The second kappa shape index (κ2) is 6.42. The molecule has 4 heteroatoms. The van der Waals surface area contributed by atoms with Crippen molar-refractivity contribution in [1.29, 1.82) is 0 Å². The highest BCUT2D eigenvalue weighted by Crippen LogP contribution is 2.30. The van der Waals surface area contributed by atoms with Crippen molar-refractivity contribution >= 4 is 28.6 Å². The summed E-state index contributed by atoms with van der Waals surface area (Å²) in [5, 5.41) is 6.05. The highest BCUT2D eigenvalue weighted by atomic mass is 35.5. The summed E-state index contributed by atoms with van der Waals surface area (Å²) < 4.78 is 0. The first-order valence-corrected chi connectivity index (χ1v) is 7.58. The van der Waals surface area contributed by atoms with E-state index in [-0.39, 0.29) is 0 Å². The molecular formula is C15H19ClN2S. The van der Waals surface area contributed by atoms with Gasteiger partial charge in [-0.15, -0.1) is 11.3 Å². The maximum absolute atomic E-state index is 6.32. The van der Waals surface area contributed by atoms with Crippen molar-refractivity contribution < 1.29 is 0 Å². The van der Waals surface area contributed by atoms with Crippen LogP contribution in [0.1, 0.15) is 23.4 Å². The van der Waals surface area contributed by atoms with Gasteiger partial charge in [-0.1, -0.05) is 23.7 Å². The molecule has 0 bridgehead atoms. The lowest BCUT2D eigenvalue weighted by Gasteiger charge is -2.26. The van der Waals surface area contributed by atoms with E-state index in [9.17, 15) is 0 Å². The predicted molar refractivity (Wildman–Crippen MR) is 85.4 cm³/mol. The first-order valence-electron chi connectivity index (χ1n) is 6.32. The lowest BCUT2D eigenvalue weighted by molar-refractivity contribution is 0.753. The van der Waals surface area contributed by atoms with Gasteiger partial charge in [0.1, 0.15) is 0 Å². The number of nitrogens with one attached hydrogen (secondary N) is 1. The fourth-order valence-corrected chi connectivity index (χ4v) is 3.10. The van der Waals surface area contributed by atoms with Gasteiger partial charge in [0, 0.05) is 29.2 Å². The van der Waals surface area contributed by atoms with Gasteiger partial charge in [0.15, 0.2) is 0 Å². The van der Waals surface area contributed by atoms with Crippen molar-refractivity contribution in [2.45, 2.75) is 19.5 Å². The molecule has 0 aliphatic rings. The maximum atomic E-state index is 6.32. The van der Waals surface area contributed by atoms with E-state index < -0.39 is 0 Å². The first-order chi connectivity index (χ1) is 9.13. The topological polar surface area (TPSA) is 15.3 Å². The van der Waals surface area contributed by atoms with Gasteiger partial charge in [-0.25, -0.2) is 0 Å². The molecule has 0 aliphatic heterocycles. The molecule has 2 aromatic rings. The van der Waals surface area contributed by atoms with Crippen LogP contribution in [-0.2, 0) is 6.54 Å². The molecule has 0 saturated carbocycles. The maximum Gasteiger partial charge on any atom is 0.0603 e. The summed E-state index contributed by atoms with van der Waals surface area (Å²) in [6.07, 6.45) is 0. The zero-order chi connectivity index (χ0) is 13.8. The lowest BCUT2D eigenvalue weighted by Crippen LogP contribution is -2.20. The summed E-state index contributed by atoms with van der Waals surface area (Å²) >= 11 is 8.10. The molecule has 0 spiro atoms. The fraction of sp³-hybridized carbons (Fsp3) is 0.333. The van der Waals surface area contributed by atoms with Gasteiger partial charge in [-0.2, -0.15) is 0 Å². The zero-order valence-corrected chi connectivity index (χ0v) is 13.1. The van der Waals surface area contributed by atoms with Crippen LogP contribution >= 0.6 is 22.9 Å². The van der Waals surface area contributed by atoms with Crippen LogP contribution in [0.25, 0.3) is 0 Å². The molecule has 1 aromatic carbocycles. The molecule has 2 rings (SSSR count). The minimum absolute atomic E-state index is 0.353. The van der Waals surface area contributed by atoms with Crippen molar-refractivity contribution in [1.82, 2.24) is 5.32 Å². The van der Waals surface area contributed by atoms with E-state index in [2.05, 4.69) is 53.8 Å². The Bertz CT molecular complexity index is 525. The van der Waals surface area contributed by atoms with Crippen LogP contribution in [0.2, 0.25) is 5.02 Å². The van der Waals surface area contributed by atoms with E-state index in [1.165, 1.54) is 4.88 Å². The van der Waals surface area contributed by atoms with E-state index in [0.29, 0.717) is 6.04 Å². The highest BCUT2D eigenvalue weighted by Gasteiger charge is 2.14. The van der Waals surface area contributed by atoms with Crippen LogP contribution in [-0.4, -0.2) is 14.1 Å².